The Morgan fingerprint density at radius 3 is 3.00 bits per heavy atom. The largest absolute Gasteiger partial charge is 0.502 e. The lowest BCUT2D eigenvalue weighted by atomic mass is 9.53. The molecule has 4 rings (SSSR count). The predicted molar refractivity (Wildman–Crippen MR) is 81.4 cm³/mol. The van der Waals surface area contributed by atoms with E-state index in [4.69, 9.17) is 4.74 Å². The SMILES string of the molecule is CN1CCC23C4=C(CO)CC1C2C=CC(O)C3OC4=C(O)C=O. The Labute approximate surface area is 134 Å². The van der Waals surface area contributed by atoms with E-state index in [-0.39, 0.29) is 24.3 Å². The summed E-state index contributed by atoms with van der Waals surface area (Å²) in [6, 6.07) is 0.224. The molecule has 2 aliphatic heterocycles. The molecular weight excluding hydrogens is 298 g/mol. The molecule has 0 radical (unpaired) electrons. The number of carbonyl (C=O) groups excluding carboxylic acids is 1. The van der Waals surface area contributed by atoms with Gasteiger partial charge in [-0.1, -0.05) is 12.2 Å². The van der Waals surface area contributed by atoms with Gasteiger partial charge in [0.15, 0.2) is 17.8 Å². The summed E-state index contributed by atoms with van der Waals surface area (Å²) < 4.78 is 5.90. The summed E-state index contributed by atoms with van der Waals surface area (Å²) in [4.78, 5) is 13.4. The van der Waals surface area contributed by atoms with E-state index in [0.29, 0.717) is 12.7 Å². The summed E-state index contributed by atoms with van der Waals surface area (Å²) in [6.45, 7) is 0.707. The first kappa shape index (κ1) is 14.9. The highest BCUT2D eigenvalue weighted by Gasteiger charge is 2.65. The van der Waals surface area contributed by atoms with Crippen LogP contribution in [0.15, 0.2) is 34.8 Å². The van der Waals surface area contributed by atoms with Gasteiger partial charge < -0.3 is 25.0 Å². The zero-order valence-corrected chi connectivity index (χ0v) is 13.0. The summed E-state index contributed by atoms with van der Waals surface area (Å²) in [5.74, 6) is -0.181. The Morgan fingerprint density at radius 2 is 2.30 bits per heavy atom. The molecule has 2 fully saturated rings. The first-order valence-corrected chi connectivity index (χ1v) is 8.00. The van der Waals surface area contributed by atoms with Crippen LogP contribution in [0.25, 0.3) is 0 Å². The van der Waals surface area contributed by atoms with Crippen LogP contribution in [-0.4, -0.2) is 65.0 Å². The molecule has 124 valence electrons. The van der Waals surface area contributed by atoms with Crippen molar-refractivity contribution in [2.24, 2.45) is 11.3 Å². The first-order valence-electron chi connectivity index (χ1n) is 8.00. The number of carbonyl (C=O) groups is 1. The molecule has 23 heavy (non-hydrogen) atoms. The molecule has 0 amide bonds. The highest BCUT2D eigenvalue weighted by molar-refractivity contribution is 5.73. The van der Waals surface area contributed by atoms with Crippen molar-refractivity contribution in [3.63, 3.8) is 0 Å². The Kier molecular flexibility index (Phi) is 3.20. The van der Waals surface area contributed by atoms with Crippen LogP contribution in [-0.2, 0) is 9.53 Å². The summed E-state index contributed by atoms with van der Waals surface area (Å²) in [7, 11) is 2.07. The van der Waals surface area contributed by atoms with Crippen LogP contribution < -0.4 is 0 Å². The Bertz CT molecular complexity index is 651. The lowest BCUT2D eigenvalue weighted by Gasteiger charge is -2.56. The lowest BCUT2D eigenvalue weighted by Crippen LogP contribution is -2.61. The molecule has 6 nitrogen and oxygen atoms in total. The zero-order chi connectivity index (χ0) is 16.4. The fourth-order valence-corrected chi connectivity index (χ4v) is 5.10. The second-order valence-corrected chi connectivity index (χ2v) is 6.95. The van der Waals surface area contributed by atoms with E-state index in [1.54, 1.807) is 6.08 Å². The van der Waals surface area contributed by atoms with Crippen molar-refractivity contribution in [2.75, 3.05) is 20.2 Å². The molecule has 0 aromatic heterocycles. The molecule has 6 heteroatoms. The number of aldehydes is 1. The number of aliphatic hydroxyl groups is 3. The van der Waals surface area contributed by atoms with Gasteiger partial charge in [0.1, 0.15) is 12.2 Å². The van der Waals surface area contributed by atoms with E-state index in [2.05, 4.69) is 11.9 Å². The highest BCUT2D eigenvalue weighted by Crippen LogP contribution is 2.63. The van der Waals surface area contributed by atoms with Gasteiger partial charge in [-0.05, 0) is 32.0 Å². The van der Waals surface area contributed by atoms with Gasteiger partial charge >= 0.3 is 0 Å². The third kappa shape index (κ3) is 1.71. The standard InChI is InChI=1S/C17H21NO5/c1-18-5-4-17-10-2-3-12(21)16(17)23-15(13(22)8-20)14(17)9(7-19)6-11(10)18/h2-3,8,10-12,16,19,21-22H,4-7H2,1H3. The Hall–Kier alpha value is -1.63. The Morgan fingerprint density at radius 1 is 1.52 bits per heavy atom. The van der Waals surface area contributed by atoms with Gasteiger partial charge in [-0.2, -0.15) is 0 Å². The van der Waals surface area contributed by atoms with Crippen LogP contribution in [0.3, 0.4) is 0 Å². The molecular formula is C17H21NO5. The van der Waals surface area contributed by atoms with E-state index in [9.17, 15) is 20.1 Å². The molecule has 0 aromatic carbocycles. The fourth-order valence-electron chi connectivity index (χ4n) is 5.10. The number of likely N-dealkylation sites (tertiary alicyclic amines) is 1. The topological polar surface area (TPSA) is 90.2 Å². The molecule has 3 N–H and O–H groups in total. The van der Waals surface area contributed by atoms with Gasteiger partial charge in [0, 0.05) is 22.9 Å². The number of nitrogens with zero attached hydrogens (tertiary/aromatic N) is 1. The predicted octanol–water partition coefficient (Wildman–Crippen LogP) is 0.284. The number of allylic oxidation sites excluding steroid dienone is 2. The number of hydrogen-bond donors (Lipinski definition) is 3. The third-order valence-corrected chi connectivity index (χ3v) is 6.07. The normalized spacial score (nSPS) is 44.0. The molecule has 2 saturated heterocycles. The molecule has 2 aliphatic carbocycles. The summed E-state index contributed by atoms with van der Waals surface area (Å²) in [6.07, 6.45) is 4.26. The highest BCUT2D eigenvalue weighted by atomic mass is 16.5. The van der Waals surface area contributed by atoms with Crippen LogP contribution in [0, 0.1) is 11.3 Å². The molecule has 1 spiro atoms. The van der Waals surface area contributed by atoms with Gasteiger partial charge in [0.2, 0.25) is 0 Å². The van der Waals surface area contributed by atoms with E-state index in [1.807, 2.05) is 6.08 Å². The van der Waals surface area contributed by atoms with Crippen molar-refractivity contribution >= 4 is 6.29 Å². The van der Waals surface area contributed by atoms with Gasteiger partial charge in [-0.25, -0.2) is 0 Å². The van der Waals surface area contributed by atoms with Crippen LogP contribution in [0.1, 0.15) is 12.8 Å². The molecule has 5 atom stereocenters. The van der Waals surface area contributed by atoms with E-state index < -0.39 is 23.4 Å². The number of piperidine rings is 1. The number of hydrogen-bond acceptors (Lipinski definition) is 6. The second kappa shape index (κ2) is 4.93. The smallest absolute Gasteiger partial charge is 0.198 e. The van der Waals surface area contributed by atoms with Crippen LogP contribution in [0.4, 0.5) is 0 Å². The third-order valence-electron chi connectivity index (χ3n) is 6.07. The first-order chi connectivity index (χ1) is 11.0. The Balaban J connectivity index is 2.00. The summed E-state index contributed by atoms with van der Waals surface area (Å²) >= 11 is 0. The van der Waals surface area contributed by atoms with Crippen molar-refractivity contribution in [3.05, 3.63) is 34.8 Å². The minimum atomic E-state index is -0.791. The number of ether oxygens (including phenoxy) is 1. The van der Waals surface area contributed by atoms with E-state index >= 15 is 0 Å². The maximum Gasteiger partial charge on any atom is 0.198 e. The van der Waals surface area contributed by atoms with Crippen molar-refractivity contribution in [1.29, 1.82) is 0 Å². The maximum atomic E-state index is 11.1. The lowest BCUT2D eigenvalue weighted by molar-refractivity contribution is -0.107. The van der Waals surface area contributed by atoms with Crippen molar-refractivity contribution in [3.8, 4) is 0 Å². The second-order valence-electron chi connectivity index (χ2n) is 6.95. The van der Waals surface area contributed by atoms with Gasteiger partial charge in [0.05, 0.1) is 6.61 Å². The van der Waals surface area contributed by atoms with Crippen molar-refractivity contribution in [2.45, 2.75) is 31.1 Å². The summed E-state index contributed by atoms with van der Waals surface area (Å²) in [5, 5.41) is 30.3. The van der Waals surface area contributed by atoms with E-state index in [1.165, 1.54) is 0 Å². The quantitative estimate of drug-likeness (QED) is 0.293. The fraction of sp³-hybridized carbons (Fsp3) is 0.588. The molecule has 2 bridgehead atoms. The molecule has 2 heterocycles. The molecule has 4 aliphatic rings. The summed E-state index contributed by atoms with van der Waals surface area (Å²) in [5.41, 5.74) is 1.06. The minimum Gasteiger partial charge on any atom is -0.502 e. The van der Waals surface area contributed by atoms with Crippen LogP contribution in [0.2, 0.25) is 0 Å². The number of aliphatic hydroxyl groups excluding tert-OH is 3. The maximum absolute atomic E-state index is 11.1. The molecule has 5 unspecified atom stereocenters. The van der Waals surface area contributed by atoms with Crippen LogP contribution >= 0.6 is 0 Å². The zero-order valence-electron chi connectivity index (χ0n) is 13.0. The average molecular weight is 319 g/mol. The molecule has 0 saturated carbocycles. The van der Waals surface area contributed by atoms with Crippen LogP contribution in [0.5, 0.6) is 0 Å². The van der Waals surface area contributed by atoms with Crippen molar-refractivity contribution < 1.29 is 24.9 Å². The van der Waals surface area contributed by atoms with Crippen molar-refractivity contribution in [1.82, 2.24) is 4.90 Å². The molecule has 0 aromatic rings. The van der Waals surface area contributed by atoms with Gasteiger partial charge in [-0.3, -0.25) is 4.79 Å². The van der Waals surface area contributed by atoms with E-state index in [0.717, 1.165) is 24.1 Å². The average Bonchev–Trinajstić information content (AvgIpc) is 2.90. The monoisotopic (exact) mass is 319 g/mol. The van der Waals surface area contributed by atoms with Gasteiger partial charge in [-0.15, -0.1) is 0 Å². The minimum absolute atomic E-state index is 0.136. The van der Waals surface area contributed by atoms with Gasteiger partial charge in [0.25, 0.3) is 0 Å². The number of rotatable bonds is 2.